The lowest BCUT2D eigenvalue weighted by Gasteiger charge is -2.13. The van der Waals surface area contributed by atoms with Crippen molar-refractivity contribution in [3.05, 3.63) is 27.3 Å². The Morgan fingerprint density at radius 1 is 1.22 bits per heavy atom. The van der Waals surface area contributed by atoms with E-state index in [1.807, 2.05) is 0 Å². The number of fused-ring (bicyclic) bond motifs is 2. The molecule has 1 aromatic carbocycles. The summed E-state index contributed by atoms with van der Waals surface area (Å²) in [5.74, 6) is 1.27. The second kappa shape index (κ2) is 5.98. The minimum Gasteiger partial charge on any atom is -0.454 e. The minimum absolute atomic E-state index is 0.0570. The summed E-state index contributed by atoms with van der Waals surface area (Å²) in [5, 5.41) is 0.594. The lowest BCUT2D eigenvalue weighted by atomic mass is 10.2. The molecule has 0 saturated carbocycles. The summed E-state index contributed by atoms with van der Waals surface area (Å²) in [6.07, 6.45) is 3.60. The van der Waals surface area contributed by atoms with Gasteiger partial charge in [-0.15, -0.1) is 0 Å². The van der Waals surface area contributed by atoms with Crippen LogP contribution in [0.4, 0.5) is 0 Å². The number of quaternary nitrogens is 1. The van der Waals surface area contributed by atoms with E-state index >= 15 is 0 Å². The van der Waals surface area contributed by atoms with Crippen molar-refractivity contribution in [2.75, 3.05) is 26.4 Å². The number of nitrogens with zero attached hydrogens (tertiary/aromatic N) is 1. The first kappa shape index (κ1) is 14.7. The number of rotatable bonds is 4. The molecule has 4 rings (SSSR count). The predicted molar refractivity (Wildman–Crippen MR) is 88.9 cm³/mol. The zero-order valence-electron chi connectivity index (χ0n) is 12.9. The number of hydrogen-bond donors (Lipinski definition) is 2. The normalized spacial score (nSPS) is 17.2. The largest absolute Gasteiger partial charge is 0.454 e. The van der Waals surface area contributed by atoms with Crippen LogP contribution in [0.1, 0.15) is 19.3 Å². The number of aromatic amines is 1. The summed E-state index contributed by atoms with van der Waals surface area (Å²) in [6.45, 7) is 4.45. The van der Waals surface area contributed by atoms with E-state index < -0.39 is 0 Å². The molecule has 0 amide bonds. The smallest absolute Gasteiger partial charge is 0.262 e. The highest BCUT2D eigenvalue weighted by molar-refractivity contribution is 7.71. The first-order valence-electron chi connectivity index (χ1n) is 8.12. The van der Waals surface area contributed by atoms with E-state index in [9.17, 15) is 4.79 Å². The molecular weight excluding hydrogens is 314 g/mol. The SMILES string of the molecule is O=c1c2cc3c(cc2[nH]c(=S)n1CCC[NH+]1CCCC1)OCO3. The average molecular weight is 334 g/mol. The number of H-pyrrole nitrogens is 1. The molecule has 2 aliphatic rings. The van der Waals surface area contributed by atoms with E-state index in [1.165, 1.54) is 25.9 Å². The quantitative estimate of drug-likeness (QED) is 0.814. The highest BCUT2D eigenvalue weighted by Gasteiger charge is 2.18. The molecule has 2 aromatic rings. The zero-order valence-corrected chi connectivity index (χ0v) is 13.7. The molecule has 7 heteroatoms. The molecule has 23 heavy (non-hydrogen) atoms. The van der Waals surface area contributed by atoms with Gasteiger partial charge in [0.25, 0.3) is 5.56 Å². The van der Waals surface area contributed by atoms with Gasteiger partial charge in [-0.25, -0.2) is 0 Å². The van der Waals surface area contributed by atoms with Crippen LogP contribution in [0.25, 0.3) is 10.9 Å². The van der Waals surface area contributed by atoms with Gasteiger partial charge in [-0.2, -0.15) is 0 Å². The predicted octanol–water partition coefficient (Wildman–Crippen LogP) is 0.857. The summed E-state index contributed by atoms with van der Waals surface area (Å²) in [6, 6.07) is 3.53. The third-order valence-corrected chi connectivity index (χ3v) is 5.02. The van der Waals surface area contributed by atoms with Gasteiger partial charge in [0, 0.05) is 31.9 Å². The summed E-state index contributed by atoms with van der Waals surface area (Å²) in [5.41, 5.74) is 0.643. The van der Waals surface area contributed by atoms with Gasteiger partial charge in [0.1, 0.15) is 0 Å². The Hall–Kier alpha value is -1.86. The van der Waals surface area contributed by atoms with E-state index in [1.54, 1.807) is 21.6 Å². The van der Waals surface area contributed by atoms with Gasteiger partial charge in [-0.1, -0.05) is 0 Å². The first-order valence-corrected chi connectivity index (χ1v) is 8.53. The molecule has 3 heterocycles. The van der Waals surface area contributed by atoms with Gasteiger partial charge in [-0.3, -0.25) is 9.36 Å². The fraction of sp³-hybridized carbons (Fsp3) is 0.500. The van der Waals surface area contributed by atoms with Gasteiger partial charge >= 0.3 is 0 Å². The molecule has 2 N–H and O–H groups in total. The fourth-order valence-electron chi connectivity index (χ4n) is 3.46. The molecule has 122 valence electrons. The van der Waals surface area contributed by atoms with Crippen LogP contribution in [0, 0.1) is 4.77 Å². The molecule has 6 nitrogen and oxygen atoms in total. The van der Waals surface area contributed by atoms with Crippen molar-refractivity contribution < 1.29 is 14.4 Å². The Bertz CT molecular complexity index is 852. The summed E-state index contributed by atoms with van der Waals surface area (Å²) in [7, 11) is 0. The van der Waals surface area contributed by atoms with Crippen LogP contribution in [-0.4, -0.2) is 36.0 Å². The highest BCUT2D eigenvalue weighted by Crippen LogP contribution is 2.34. The van der Waals surface area contributed by atoms with Crippen LogP contribution in [0.5, 0.6) is 11.5 Å². The van der Waals surface area contributed by atoms with Crippen molar-refractivity contribution in [2.45, 2.75) is 25.8 Å². The monoisotopic (exact) mass is 334 g/mol. The van der Waals surface area contributed by atoms with Crippen LogP contribution >= 0.6 is 12.2 Å². The van der Waals surface area contributed by atoms with Gasteiger partial charge < -0.3 is 19.4 Å². The molecule has 0 unspecified atom stereocenters. The standard InChI is InChI=1S/C16H19N3O3S/c20-15-11-8-13-14(22-10-21-13)9-12(11)17-16(23)19(15)7-3-6-18-4-1-2-5-18/h8-9H,1-7,10H2,(H,17,23)/p+1. The van der Waals surface area contributed by atoms with Crippen molar-refractivity contribution in [1.82, 2.24) is 9.55 Å². The molecule has 1 saturated heterocycles. The second-order valence-electron chi connectivity index (χ2n) is 6.20. The van der Waals surface area contributed by atoms with Gasteiger partial charge in [-0.05, 0) is 18.3 Å². The molecule has 2 aliphatic heterocycles. The van der Waals surface area contributed by atoms with Crippen LogP contribution in [0.15, 0.2) is 16.9 Å². The van der Waals surface area contributed by atoms with E-state index in [4.69, 9.17) is 21.7 Å². The van der Waals surface area contributed by atoms with Gasteiger partial charge in [0.2, 0.25) is 6.79 Å². The summed E-state index contributed by atoms with van der Waals surface area (Å²) in [4.78, 5) is 17.5. The number of aromatic nitrogens is 2. The average Bonchev–Trinajstić information content (AvgIpc) is 3.20. The lowest BCUT2D eigenvalue weighted by molar-refractivity contribution is -0.887. The molecule has 0 spiro atoms. The number of ether oxygens (including phenoxy) is 2. The van der Waals surface area contributed by atoms with Crippen LogP contribution < -0.4 is 19.9 Å². The summed E-state index contributed by atoms with van der Waals surface area (Å²) >= 11 is 5.37. The van der Waals surface area contributed by atoms with E-state index in [2.05, 4.69) is 4.98 Å². The third-order valence-electron chi connectivity index (χ3n) is 4.70. The maximum Gasteiger partial charge on any atom is 0.262 e. The molecule has 1 aromatic heterocycles. The molecule has 1 fully saturated rings. The van der Waals surface area contributed by atoms with E-state index in [0.29, 0.717) is 33.7 Å². The topological polar surface area (TPSA) is 60.7 Å². The zero-order chi connectivity index (χ0) is 15.8. The van der Waals surface area contributed by atoms with Crippen LogP contribution in [0.2, 0.25) is 0 Å². The Morgan fingerprint density at radius 3 is 2.74 bits per heavy atom. The molecule has 0 radical (unpaired) electrons. The molecule has 0 bridgehead atoms. The number of nitrogens with one attached hydrogen (secondary N) is 2. The number of benzene rings is 1. The second-order valence-corrected chi connectivity index (χ2v) is 6.59. The van der Waals surface area contributed by atoms with Crippen LogP contribution in [0.3, 0.4) is 0 Å². The molecular formula is C16H20N3O3S+. The van der Waals surface area contributed by atoms with Crippen molar-refractivity contribution in [3.8, 4) is 11.5 Å². The first-order chi connectivity index (χ1) is 11.2. The minimum atomic E-state index is -0.0570. The third kappa shape index (κ3) is 2.74. The number of hydrogen-bond acceptors (Lipinski definition) is 4. The van der Waals surface area contributed by atoms with Crippen molar-refractivity contribution >= 4 is 23.1 Å². The van der Waals surface area contributed by atoms with E-state index in [-0.39, 0.29) is 12.4 Å². The highest BCUT2D eigenvalue weighted by atomic mass is 32.1. The Balaban J connectivity index is 1.62. The fourth-order valence-corrected chi connectivity index (χ4v) is 3.74. The summed E-state index contributed by atoms with van der Waals surface area (Å²) < 4.78 is 12.8. The maximum absolute atomic E-state index is 12.7. The Labute approximate surface area is 138 Å². The van der Waals surface area contributed by atoms with Crippen LogP contribution in [-0.2, 0) is 6.54 Å². The molecule has 0 aliphatic carbocycles. The number of likely N-dealkylation sites (tertiary alicyclic amines) is 1. The molecule has 0 atom stereocenters. The van der Waals surface area contributed by atoms with E-state index in [0.717, 1.165) is 13.0 Å². The van der Waals surface area contributed by atoms with Gasteiger partial charge in [0.15, 0.2) is 16.3 Å². The maximum atomic E-state index is 12.7. The Morgan fingerprint density at radius 2 is 1.96 bits per heavy atom. The van der Waals surface area contributed by atoms with Crippen molar-refractivity contribution in [2.24, 2.45) is 0 Å². The Kier molecular flexibility index (Phi) is 3.82. The van der Waals surface area contributed by atoms with Crippen molar-refractivity contribution in [3.63, 3.8) is 0 Å². The van der Waals surface area contributed by atoms with Crippen molar-refractivity contribution in [1.29, 1.82) is 0 Å². The lowest BCUT2D eigenvalue weighted by Crippen LogP contribution is -3.10. The van der Waals surface area contributed by atoms with Gasteiger partial charge in [0.05, 0.1) is 30.5 Å².